The number of hydrogen-bond donors (Lipinski definition) is 2. The zero-order valence-electron chi connectivity index (χ0n) is 14.6. The Kier molecular flexibility index (Phi) is 5.52. The predicted octanol–water partition coefficient (Wildman–Crippen LogP) is 2.68. The second-order valence-electron chi connectivity index (χ2n) is 7.16. The molecule has 23 heavy (non-hydrogen) atoms. The van der Waals surface area contributed by atoms with Crippen molar-refractivity contribution in [3.05, 3.63) is 29.8 Å². The number of hydrogen-bond acceptors (Lipinski definition) is 4. The smallest absolute Gasteiger partial charge is 0.407 e. The molecule has 3 N–H and O–H groups in total. The number of aryl methyl sites for hydroxylation is 1. The number of carbonyl (C=O) groups is 1. The van der Waals surface area contributed by atoms with Gasteiger partial charge in [-0.15, -0.1) is 0 Å². The van der Waals surface area contributed by atoms with E-state index in [1.54, 1.807) is 0 Å². The van der Waals surface area contributed by atoms with Crippen molar-refractivity contribution in [3.63, 3.8) is 0 Å². The van der Waals surface area contributed by atoms with Crippen molar-refractivity contribution in [2.75, 3.05) is 18.0 Å². The highest BCUT2D eigenvalue weighted by Crippen LogP contribution is 2.29. The minimum atomic E-state index is -0.500. The van der Waals surface area contributed by atoms with Gasteiger partial charge in [-0.2, -0.15) is 0 Å². The van der Waals surface area contributed by atoms with E-state index in [0.29, 0.717) is 6.54 Å². The van der Waals surface area contributed by atoms with Crippen LogP contribution in [0.3, 0.4) is 0 Å². The summed E-state index contributed by atoms with van der Waals surface area (Å²) in [6.45, 7) is 9.00. The number of nitrogens with one attached hydrogen (secondary N) is 1. The molecular weight excluding hydrogens is 290 g/mol. The molecule has 0 aromatic heterocycles. The summed E-state index contributed by atoms with van der Waals surface area (Å²) in [5, 5.41) is 2.93. The van der Waals surface area contributed by atoms with Gasteiger partial charge in [-0.3, -0.25) is 0 Å². The first-order valence-electron chi connectivity index (χ1n) is 8.36. The molecule has 1 aromatic carbocycles. The van der Waals surface area contributed by atoms with E-state index in [4.69, 9.17) is 10.5 Å². The van der Waals surface area contributed by atoms with Gasteiger partial charge < -0.3 is 20.7 Å². The third-order valence-corrected chi connectivity index (χ3v) is 4.11. The fraction of sp³-hybridized carbons (Fsp3) is 0.611. The van der Waals surface area contributed by atoms with Crippen molar-refractivity contribution in [2.45, 2.75) is 58.2 Å². The molecular formula is C18H29N3O2. The Hall–Kier alpha value is -1.75. The summed E-state index contributed by atoms with van der Waals surface area (Å²) >= 11 is 0. The lowest BCUT2D eigenvalue weighted by atomic mass is 9.98. The van der Waals surface area contributed by atoms with Crippen LogP contribution in [-0.4, -0.2) is 36.9 Å². The molecule has 0 spiro atoms. The predicted molar refractivity (Wildman–Crippen MR) is 93.8 cm³/mol. The van der Waals surface area contributed by atoms with E-state index in [2.05, 4.69) is 34.5 Å². The average molecular weight is 319 g/mol. The number of rotatable bonds is 4. The van der Waals surface area contributed by atoms with Gasteiger partial charge in [-0.25, -0.2) is 4.79 Å². The molecule has 0 radical (unpaired) electrons. The molecule has 1 aliphatic rings. The fourth-order valence-electron chi connectivity index (χ4n) is 3.10. The number of alkyl carbamates (subject to hydrolysis) is 1. The molecule has 0 bridgehead atoms. The minimum Gasteiger partial charge on any atom is -0.444 e. The van der Waals surface area contributed by atoms with Crippen LogP contribution in [0.4, 0.5) is 10.5 Å². The van der Waals surface area contributed by atoms with Crippen LogP contribution in [-0.2, 0) is 11.2 Å². The first kappa shape index (κ1) is 17.6. The number of anilines is 1. The SMILES string of the molecule is CC(NC(=O)OC(C)(C)C)C(CN)N1CCCc2ccccc21. The fourth-order valence-corrected chi connectivity index (χ4v) is 3.10. The summed E-state index contributed by atoms with van der Waals surface area (Å²) in [6, 6.07) is 8.38. The summed E-state index contributed by atoms with van der Waals surface area (Å²) in [5.41, 5.74) is 8.11. The van der Waals surface area contributed by atoms with Crippen LogP contribution in [0.1, 0.15) is 39.7 Å². The van der Waals surface area contributed by atoms with Gasteiger partial charge in [0.15, 0.2) is 0 Å². The van der Waals surface area contributed by atoms with Crippen molar-refractivity contribution in [1.29, 1.82) is 0 Å². The van der Waals surface area contributed by atoms with E-state index in [1.807, 2.05) is 27.7 Å². The third-order valence-electron chi connectivity index (χ3n) is 4.11. The monoisotopic (exact) mass is 319 g/mol. The van der Waals surface area contributed by atoms with Gasteiger partial charge in [-0.05, 0) is 52.2 Å². The number of fused-ring (bicyclic) bond motifs is 1. The maximum Gasteiger partial charge on any atom is 0.407 e. The number of para-hydroxylation sites is 1. The lowest BCUT2D eigenvalue weighted by Crippen LogP contribution is -2.55. The normalized spacial score (nSPS) is 17.2. The molecule has 1 aliphatic heterocycles. The second kappa shape index (κ2) is 7.21. The number of nitrogens with two attached hydrogens (primary N) is 1. The molecule has 1 heterocycles. The zero-order chi connectivity index (χ0) is 17.0. The standard InChI is InChI=1S/C18H29N3O2/c1-13(20-17(22)23-18(2,3)4)16(12-19)21-11-7-9-14-8-5-6-10-15(14)21/h5-6,8,10,13,16H,7,9,11-12,19H2,1-4H3,(H,20,22). The van der Waals surface area contributed by atoms with Crippen LogP contribution < -0.4 is 16.0 Å². The topological polar surface area (TPSA) is 67.6 Å². The first-order valence-corrected chi connectivity index (χ1v) is 8.36. The number of amides is 1. The van der Waals surface area contributed by atoms with Gasteiger partial charge in [0, 0.05) is 18.8 Å². The van der Waals surface area contributed by atoms with E-state index in [-0.39, 0.29) is 12.1 Å². The van der Waals surface area contributed by atoms with Crippen LogP contribution in [0.15, 0.2) is 24.3 Å². The molecule has 0 saturated carbocycles. The van der Waals surface area contributed by atoms with Gasteiger partial charge in [0.25, 0.3) is 0 Å². The van der Waals surface area contributed by atoms with Gasteiger partial charge >= 0.3 is 6.09 Å². The molecule has 2 unspecified atom stereocenters. The average Bonchev–Trinajstić information content (AvgIpc) is 2.46. The van der Waals surface area contributed by atoms with Gasteiger partial charge in [-0.1, -0.05) is 18.2 Å². The zero-order valence-corrected chi connectivity index (χ0v) is 14.6. The Labute approximate surface area is 139 Å². The van der Waals surface area contributed by atoms with Gasteiger partial charge in [0.05, 0.1) is 12.1 Å². The lowest BCUT2D eigenvalue weighted by molar-refractivity contribution is 0.0501. The Morgan fingerprint density at radius 3 is 2.74 bits per heavy atom. The quantitative estimate of drug-likeness (QED) is 0.895. The highest BCUT2D eigenvalue weighted by atomic mass is 16.6. The molecule has 5 nitrogen and oxygen atoms in total. The molecule has 2 rings (SSSR count). The Morgan fingerprint density at radius 1 is 1.39 bits per heavy atom. The summed E-state index contributed by atoms with van der Waals surface area (Å²) in [5.74, 6) is 0. The van der Waals surface area contributed by atoms with E-state index < -0.39 is 11.7 Å². The Bertz CT molecular complexity index is 539. The van der Waals surface area contributed by atoms with E-state index in [1.165, 1.54) is 11.3 Å². The molecule has 1 amide bonds. The second-order valence-corrected chi connectivity index (χ2v) is 7.16. The largest absolute Gasteiger partial charge is 0.444 e. The number of benzene rings is 1. The number of carbonyl (C=O) groups excluding carboxylic acids is 1. The van der Waals surface area contributed by atoms with Crippen molar-refractivity contribution >= 4 is 11.8 Å². The van der Waals surface area contributed by atoms with Crippen LogP contribution in [0.25, 0.3) is 0 Å². The highest BCUT2D eigenvalue weighted by Gasteiger charge is 2.29. The van der Waals surface area contributed by atoms with E-state index in [0.717, 1.165) is 19.4 Å². The maximum absolute atomic E-state index is 12.0. The third kappa shape index (κ3) is 4.61. The lowest BCUT2D eigenvalue weighted by Gasteiger charge is -2.40. The summed E-state index contributed by atoms with van der Waals surface area (Å²) < 4.78 is 5.35. The van der Waals surface area contributed by atoms with Crippen molar-refractivity contribution in [3.8, 4) is 0 Å². The number of ether oxygens (including phenoxy) is 1. The molecule has 2 atom stereocenters. The van der Waals surface area contributed by atoms with E-state index >= 15 is 0 Å². The highest BCUT2D eigenvalue weighted by molar-refractivity contribution is 5.68. The van der Waals surface area contributed by atoms with Crippen LogP contribution in [0.2, 0.25) is 0 Å². The van der Waals surface area contributed by atoms with Crippen LogP contribution in [0.5, 0.6) is 0 Å². The molecule has 1 aromatic rings. The molecule has 0 saturated heterocycles. The van der Waals surface area contributed by atoms with Crippen LogP contribution in [0, 0.1) is 0 Å². The molecule has 0 aliphatic carbocycles. The molecule has 0 fully saturated rings. The van der Waals surface area contributed by atoms with Crippen molar-refractivity contribution in [1.82, 2.24) is 5.32 Å². The number of nitrogens with zero attached hydrogens (tertiary/aromatic N) is 1. The maximum atomic E-state index is 12.0. The molecule has 5 heteroatoms. The van der Waals surface area contributed by atoms with Crippen LogP contribution >= 0.6 is 0 Å². The van der Waals surface area contributed by atoms with Crippen molar-refractivity contribution < 1.29 is 9.53 Å². The summed E-state index contributed by atoms with van der Waals surface area (Å²) in [6.07, 6.45) is 1.80. The van der Waals surface area contributed by atoms with Gasteiger partial charge in [0.1, 0.15) is 5.60 Å². The van der Waals surface area contributed by atoms with Crippen molar-refractivity contribution in [2.24, 2.45) is 5.73 Å². The van der Waals surface area contributed by atoms with E-state index in [9.17, 15) is 4.79 Å². The minimum absolute atomic E-state index is 0.0453. The summed E-state index contributed by atoms with van der Waals surface area (Å²) in [4.78, 5) is 14.3. The summed E-state index contributed by atoms with van der Waals surface area (Å²) in [7, 11) is 0. The molecule has 128 valence electrons. The first-order chi connectivity index (χ1) is 10.8. The Morgan fingerprint density at radius 2 is 2.09 bits per heavy atom. The van der Waals surface area contributed by atoms with Gasteiger partial charge in [0.2, 0.25) is 0 Å². The Balaban J connectivity index is 2.09.